The molecule has 0 unspecified atom stereocenters. The second-order valence-corrected chi connectivity index (χ2v) is 3.90. The van der Waals surface area contributed by atoms with Crippen LogP contribution in [0.15, 0.2) is 6.20 Å². The maximum atomic E-state index is 9.13. The molecule has 5 nitrogen and oxygen atoms in total. The number of nitriles is 1. The molecule has 0 aromatic carbocycles. The molecule has 1 aliphatic carbocycles. The SMILES string of the molecule is N#CC1(Cn2ncc(N)n2)CCCC1. The summed E-state index contributed by atoms with van der Waals surface area (Å²) in [6, 6.07) is 2.39. The van der Waals surface area contributed by atoms with Gasteiger partial charge in [-0.3, -0.25) is 0 Å². The maximum Gasteiger partial charge on any atom is 0.165 e. The Balaban J connectivity index is 2.13. The van der Waals surface area contributed by atoms with Crippen LogP contribution in [0.5, 0.6) is 0 Å². The zero-order valence-corrected chi connectivity index (χ0v) is 7.98. The lowest BCUT2D eigenvalue weighted by atomic mass is 9.88. The van der Waals surface area contributed by atoms with E-state index in [1.165, 1.54) is 11.0 Å². The summed E-state index contributed by atoms with van der Waals surface area (Å²) in [7, 11) is 0. The van der Waals surface area contributed by atoms with Gasteiger partial charge in [0.25, 0.3) is 0 Å². The van der Waals surface area contributed by atoms with Crippen molar-refractivity contribution < 1.29 is 0 Å². The van der Waals surface area contributed by atoms with E-state index < -0.39 is 0 Å². The number of aromatic nitrogens is 3. The van der Waals surface area contributed by atoms with Crippen LogP contribution in [0, 0.1) is 16.7 Å². The van der Waals surface area contributed by atoms with Crippen molar-refractivity contribution in [1.82, 2.24) is 15.0 Å². The van der Waals surface area contributed by atoms with E-state index in [0.29, 0.717) is 12.4 Å². The van der Waals surface area contributed by atoms with Crippen molar-refractivity contribution in [3.8, 4) is 6.07 Å². The third-order valence-corrected chi connectivity index (χ3v) is 2.80. The van der Waals surface area contributed by atoms with Gasteiger partial charge < -0.3 is 5.73 Å². The molecule has 0 aliphatic heterocycles. The first-order chi connectivity index (χ1) is 6.74. The molecule has 1 heterocycles. The molecule has 0 amide bonds. The highest BCUT2D eigenvalue weighted by molar-refractivity contribution is 5.19. The minimum atomic E-state index is -0.258. The molecule has 2 N–H and O–H groups in total. The monoisotopic (exact) mass is 191 g/mol. The number of anilines is 1. The Labute approximate surface area is 82.5 Å². The fraction of sp³-hybridized carbons (Fsp3) is 0.667. The Morgan fingerprint density at radius 3 is 2.79 bits per heavy atom. The highest BCUT2D eigenvalue weighted by Gasteiger charge is 2.35. The van der Waals surface area contributed by atoms with Gasteiger partial charge in [0.1, 0.15) is 0 Å². The van der Waals surface area contributed by atoms with Crippen molar-refractivity contribution in [3.05, 3.63) is 6.20 Å². The van der Waals surface area contributed by atoms with Gasteiger partial charge in [0, 0.05) is 0 Å². The summed E-state index contributed by atoms with van der Waals surface area (Å²) in [5.41, 5.74) is 5.20. The molecule has 2 rings (SSSR count). The molecule has 1 fully saturated rings. The van der Waals surface area contributed by atoms with Gasteiger partial charge in [0.2, 0.25) is 0 Å². The fourth-order valence-electron chi connectivity index (χ4n) is 2.01. The van der Waals surface area contributed by atoms with E-state index in [4.69, 9.17) is 11.0 Å². The van der Waals surface area contributed by atoms with Gasteiger partial charge in [-0.25, -0.2) is 0 Å². The predicted molar refractivity (Wildman–Crippen MR) is 50.9 cm³/mol. The zero-order chi connectivity index (χ0) is 10.0. The van der Waals surface area contributed by atoms with Crippen LogP contribution in [0.3, 0.4) is 0 Å². The van der Waals surface area contributed by atoms with Crippen molar-refractivity contribution in [3.63, 3.8) is 0 Å². The number of nitrogens with zero attached hydrogens (tertiary/aromatic N) is 4. The molecule has 5 heteroatoms. The van der Waals surface area contributed by atoms with E-state index in [1.807, 2.05) is 0 Å². The van der Waals surface area contributed by atoms with E-state index in [2.05, 4.69) is 16.3 Å². The van der Waals surface area contributed by atoms with Crippen LogP contribution in [0.2, 0.25) is 0 Å². The van der Waals surface area contributed by atoms with Gasteiger partial charge in [0.15, 0.2) is 5.82 Å². The van der Waals surface area contributed by atoms with Crippen molar-refractivity contribution >= 4 is 5.82 Å². The largest absolute Gasteiger partial charge is 0.381 e. The first kappa shape index (κ1) is 9.00. The number of rotatable bonds is 2. The van der Waals surface area contributed by atoms with E-state index in [0.717, 1.165) is 25.7 Å². The summed E-state index contributed by atoms with van der Waals surface area (Å²) in [6.45, 7) is 0.570. The summed E-state index contributed by atoms with van der Waals surface area (Å²) in [4.78, 5) is 1.53. The number of nitrogen functional groups attached to an aromatic ring is 1. The molecule has 1 saturated carbocycles. The van der Waals surface area contributed by atoms with Crippen molar-refractivity contribution in [2.45, 2.75) is 32.2 Å². The molecule has 74 valence electrons. The van der Waals surface area contributed by atoms with Gasteiger partial charge >= 0.3 is 0 Å². The molecule has 0 saturated heterocycles. The summed E-state index contributed by atoms with van der Waals surface area (Å²) in [6.07, 6.45) is 5.67. The third-order valence-electron chi connectivity index (χ3n) is 2.80. The average Bonchev–Trinajstić information content (AvgIpc) is 2.77. The van der Waals surface area contributed by atoms with E-state index in [-0.39, 0.29) is 5.41 Å². The van der Waals surface area contributed by atoms with Gasteiger partial charge in [-0.1, -0.05) is 12.8 Å². The minimum absolute atomic E-state index is 0.258. The van der Waals surface area contributed by atoms with Crippen LogP contribution in [-0.2, 0) is 6.54 Å². The Kier molecular flexibility index (Phi) is 2.12. The Morgan fingerprint density at radius 1 is 1.57 bits per heavy atom. The normalized spacial score (nSPS) is 19.4. The van der Waals surface area contributed by atoms with E-state index in [1.54, 1.807) is 0 Å². The number of hydrogen-bond acceptors (Lipinski definition) is 4. The molecule has 14 heavy (non-hydrogen) atoms. The quantitative estimate of drug-likeness (QED) is 0.754. The molecule has 0 radical (unpaired) electrons. The Hall–Kier alpha value is -1.57. The maximum absolute atomic E-state index is 9.13. The highest BCUT2D eigenvalue weighted by atomic mass is 15.5. The third kappa shape index (κ3) is 1.55. The fourth-order valence-corrected chi connectivity index (χ4v) is 2.01. The topological polar surface area (TPSA) is 80.5 Å². The molecular formula is C9H13N5. The lowest BCUT2D eigenvalue weighted by Gasteiger charge is -2.18. The van der Waals surface area contributed by atoms with Crippen LogP contribution in [0.1, 0.15) is 25.7 Å². The average molecular weight is 191 g/mol. The lowest BCUT2D eigenvalue weighted by Crippen LogP contribution is -2.23. The molecule has 0 atom stereocenters. The van der Waals surface area contributed by atoms with Crippen LogP contribution in [0.25, 0.3) is 0 Å². The van der Waals surface area contributed by atoms with Crippen molar-refractivity contribution in [1.29, 1.82) is 5.26 Å². The van der Waals surface area contributed by atoms with E-state index >= 15 is 0 Å². The molecule has 0 bridgehead atoms. The smallest absolute Gasteiger partial charge is 0.165 e. The van der Waals surface area contributed by atoms with Gasteiger partial charge in [-0.2, -0.15) is 15.2 Å². The molecular weight excluding hydrogens is 178 g/mol. The molecule has 1 aromatic heterocycles. The first-order valence-electron chi connectivity index (χ1n) is 4.81. The van der Waals surface area contributed by atoms with Crippen LogP contribution >= 0.6 is 0 Å². The summed E-state index contributed by atoms with van der Waals surface area (Å²) < 4.78 is 0. The van der Waals surface area contributed by atoms with Crippen LogP contribution < -0.4 is 5.73 Å². The molecule has 1 aromatic rings. The zero-order valence-electron chi connectivity index (χ0n) is 7.98. The van der Waals surface area contributed by atoms with Crippen molar-refractivity contribution in [2.24, 2.45) is 5.41 Å². The Bertz CT molecular complexity index is 356. The van der Waals surface area contributed by atoms with Gasteiger partial charge in [-0.15, -0.1) is 5.10 Å². The second-order valence-electron chi connectivity index (χ2n) is 3.90. The molecule has 1 aliphatic rings. The lowest BCUT2D eigenvalue weighted by molar-refractivity contribution is 0.305. The summed E-state index contributed by atoms with van der Waals surface area (Å²) in [5.74, 6) is 0.413. The van der Waals surface area contributed by atoms with Gasteiger partial charge in [0.05, 0.1) is 24.2 Å². The van der Waals surface area contributed by atoms with E-state index in [9.17, 15) is 0 Å². The minimum Gasteiger partial charge on any atom is -0.381 e. The summed E-state index contributed by atoms with van der Waals surface area (Å²) >= 11 is 0. The number of hydrogen-bond donors (Lipinski definition) is 1. The molecule has 0 spiro atoms. The van der Waals surface area contributed by atoms with Crippen LogP contribution in [-0.4, -0.2) is 15.0 Å². The van der Waals surface area contributed by atoms with Crippen molar-refractivity contribution in [2.75, 3.05) is 5.73 Å². The second kappa shape index (κ2) is 3.29. The number of nitrogens with two attached hydrogens (primary N) is 1. The first-order valence-corrected chi connectivity index (χ1v) is 4.81. The summed E-state index contributed by atoms with van der Waals surface area (Å²) in [5, 5.41) is 17.1. The van der Waals surface area contributed by atoms with Crippen LogP contribution in [0.4, 0.5) is 5.82 Å². The Morgan fingerprint density at radius 2 is 2.29 bits per heavy atom. The van der Waals surface area contributed by atoms with Gasteiger partial charge in [-0.05, 0) is 12.8 Å². The standard InChI is InChI=1S/C9H13N5/c10-6-9(3-1-2-4-9)7-14-12-5-8(11)13-14/h5H,1-4,7H2,(H2,11,13). The predicted octanol–water partition coefficient (Wildman–Crippen LogP) is 0.944. The highest BCUT2D eigenvalue weighted by Crippen LogP contribution is 2.38.